The van der Waals surface area contributed by atoms with Crippen molar-refractivity contribution >= 4 is 66.0 Å². The van der Waals surface area contributed by atoms with Crippen molar-refractivity contribution in [1.29, 1.82) is 5.26 Å². The molecule has 3 rings (SSSR count). The molecule has 150 valence electrons. The molecule has 0 bridgehead atoms. The number of rotatable bonds is 6. The summed E-state index contributed by atoms with van der Waals surface area (Å²) in [6.07, 6.45) is 0. The van der Waals surface area contributed by atoms with Crippen LogP contribution in [-0.4, -0.2) is 16.8 Å². The molecule has 0 radical (unpaired) electrons. The molecule has 2 N–H and O–H groups in total. The molecule has 0 spiro atoms. The van der Waals surface area contributed by atoms with E-state index in [1.165, 1.54) is 42.5 Å². The maximum atomic E-state index is 12.7. The lowest BCUT2D eigenvalue weighted by molar-refractivity contribution is 0.599. The third-order valence-electron chi connectivity index (χ3n) is 3.58. The summed E-state index contributed by atoms with van der Waals surface area (Å²) in [5, 5.41) is 10.6. The smallest absolute Gasteiger partial charge is 0.271 e. The average Bonchev–Trinajstić information content (AvgIpc) is 3.21. The quantitative estimate of drug-likeness (QED) is 0.529. The molecule has 1 aromatic heterocycles. The first-order valence-corrected chi connectivity index (χ1v) is 12.3. The van der Waals surface area contributed by atoms with Gasteiger partial charge in [-0.15, -0.1) is 11.3 Å². The average molecular weight is 488 g/mol. The van der Waals surface area contributed by atoms with Crippen LogP contribution in [0.4, 0.5) is 11.4 Å². The summed E-state index contributed by atoms with van der Waals surface area (Å²) in [5.41, 5.74) is -0.0738. The molecule has 0 aliphatic heterocycles. The number of sulfonamides is 2. The van der Waals surface area contributed by atoms with Gasteiger partial charge in [-0.25, -0.2) is 16.8 Å². The van der Waals surface area contributed by atoms with E-state index in [1.54, 1.807) is 11.4 Å². The summed E-state index contributed by atoms with van der Waals surface area (Å²) in [4.78, 5) is -0.172. The van der Waals surface area contributed by atoms with E-state index in [-0.39, 0.29) is 36.1 Å². The summed E-state index contributed by atoms with van der Waals surface area (Å²) in [5.74, 6) is 0. The summed E-state index contributed by atoms with van der Waals surface area (Å²) in [7, 11) is -8.11. The number of hydrogen-bond donors (Lipinski definition) is 2. The largest absolute Gasteiger partial charge is 0.277 e. The zero-order valence-electron chi connectivity index (χ0n) is 14.3. The van der Waals surface area contributed by atoms with Crippen molar-refractivity contribution < 1.29 is 16.8 Å². The number of thiophene rings is 1. The SMILES string of the molecule is N#Cc1cccc(S(=O)(=O)Nc2cc(Cl)c(Cl)cc2NS(=O)(=O)c2cccs2)c1. The molecule has 3 aromatic rings. The van der Waals surface area contributed by atoms with E-state index in [0.29, 0.717) is 0 Å². The van der Waals surface area contributed by atoms with Crippen molar-refractivity contribution in [1.82, 2.24) is 0 Å². The number of nitrogens with zero attached hydrogens (tertiary/aromatic N) is 1. The van der Waals surface area contributed by atoms with Gasteiger partial charge in [0.05, 0.1) is 37.9 Å². The predicted octanol–water partition coefficient (Wildman–Crippen LogP) is 4.53. The van der Waals surface area contributed by atoms with E-state index < -0.39 is 20.0 Å². The van der Waals surface area contributed by atoms with Gasteiger partial charge in [0.15, 0.2) is 0 Å². The first-order chi connectivity index (χ1) is 13.6. The Hall–Kier alpha value is -2.29. The lowest BCUT2D eigenvalue weighted by atomic mass is 10.2. The Labute approximate surface area is 181 Å². The molecule has 0 aliphatic rings. The van der Waals surface area contributed by atoms with Gasteiger partial charge in [0.2, 0.25) is 0 Å². The summed E-state index contributed by atoms with van der Waals surface area (Å²) in [6.45, 7) is 0. The first kappa shape index (κ1) is 21.4. The van der Waals surface area contributed by atoms with E-state index in [1.807, 2.05) is 6.07 Å². The number of nitriles is 1. The van der Waals surface area contributed by atoms with Crippen LogP contribution >= 0.6 is 34.5 Å². The van der Waals surface area contributed by atoms with Crippen molar-refractivity contribution in [3.8, 4) is 6.07 Å². The van der Waals surface area contributed by atoms with Gasteiger partial charge in [-0.3, -0.25) is 9.44 Å². The molecular formula is C17H11Cl2N3O4S3. The zero-order chi connectivity index (χ0) is 21.2. The van der Waals surface area contributed by atoms with Crippen molar-refractivity contribution in [3.05, 3.63) is 69.5 Å². The van der Waals surface area contributed by atoms with Crippen molar-refractivity contribution in [2.75, 3.05) is 9.44 Å². The molecular weight excluding hydrogens is 477 g/mol. The fourth-order valence-corrected chi connectivity index (χ4v) is 5.77. The Morgan fingerprint density at radius 3 is 2.03 bits per heavy atom. The van der Waals surface area contributed by atoms with Gasteiger partial charge in [-0.1, -0.05) is 35.3 Å². The van der Waals surface area contributed by atoms with Crippen molar-refractivity contribution in [2.45, 2.75) is 9.10 Å². The van der Waals surface area contributed by atoms with Crippen LogP contribution < -0.4 is 9.44 Å². The maximum absolute atomic E-state index is 12.7. The van der Waals surface area contributed by atoms with E-state index in [4.69, 9.17) is 28.5 Å². The van der Waals surface area contributed by atoms with Crippen LogP contribution in [-0.2, 0) is 20.0 Å². The Balaban J connectivity index is 2.03. The summed E-state index contributed by atoms with van der Waals surface area (Å²) >= 11 is 13.0. The van der Waals surface area contributed by atoms with Crippen LogP contribution in [0, 0.1) is 11.3 Å². The minimum absolute atomic E-state index is 0.0224. The van der Waals surface area contributed by atoms with Gasteiger partial charge in [0.25, 0.3) is 20.0 Å². The van der Waals surface area contributed by atoms with E-state index >= 15 is 0 Å². The Kier molecular flexibility index (Phi) is 6.07. The van der Waals surface area contributed by atoms with E-state index in [9.17, 15) is 16.8 Å². The molecule has 0 aliphatic carbocycles. The molecule has 0 saturated heterocycles. The topological polar surface area (TPSA) is 116 Å². The van der Waals surface area contributed by atoms with E-state index in [0.717, 1.165) is 11.3 Å². The van der Waals surface area contributed by atoms with Gasteiger partial charge in [0.1, 0.15) is 4.21 Å². The number of nitrogens with one attached hydrogen (secondary N) is 2. The van der Waals surface area contributed by atoms with Gasteiger partial charge in [0, 0.05) is 0 Å². The lowest BCUT2D eigenvalue weighted by Gasteiger charge is -2.15. The van der Waals surface area contributed by atoms with Gasteiger partial charge in [-0.05, 0) is 41.8 Å². The minimum Gasteiger partial charge on any atom is -0.277 e. The second-order valence-electron chi connectivity index (χ2n) is 5.59. The molecule has 29 heavy (non-hydrogen) atoms. The Morgan fingerprint density at radius 2 is 1.48 bits per heavy atom. The second-order valence-corrected chi connectivity index (χ2v) is 10.9. The highest BCUT2D eigenvalue weighted by atomic mass is 35.5. The van der Waals surface area contributed by atoms with E-state index in [2.05, 4.69) is 9.44 Å². The second kappa shape index (κ2) is 8.22. The van der Waals surface area contributed by atoms with Crippen LogP contribution in [0.3, 0.4) is 0 Å². The third kappa shape index (κ3) is 4.83. The summed E-state index contributed by atoms with van der Waals surface area (Å²) < 4.78 is 55.2. The van der Waals surface area contributed by atoms with Gasteiger partial charge < -0.3 is 0 Å². The lowest BCUT2D eigenvalue weighted by Crippen LogP contribution is -2.17. The number of halogens is 2. The van der Waals surface area contributed by atoms with Crippen LogP contribution in [0.5, 0.6) is 0 Å². The molecule has 1 heterocycles. The fourth-order valence-electron chi connectivity index (χ4n) is 2.26. The highest BCUT2D eigenvalue weighted by Crippen LogP contribution is 2.35. The first-order valence-electron chi connectivity index (χ1n) is 7.71. The maximum Gasteiger partial charge on any atom is 0.271 e. The third-order valence-corrected chi connectivity index (χ3v) is 8.43. The normalized spacial score (nSPS) is 11.6. The van der Waals surface area contributed by atoms with Crippen LogP contribution in [0.15, 0.2) is 63.0 Å². The number of hydrogen-bond acceptors (Lipinski definition) is 6. The zero-order valence-corrected chi connectivity index (χ0v) is 18.2. The highest BCUT2D eigenvalue weighted by Gasteiger charge is 2.22. The van der Waals surface area contributed by atoms with Gasteiger partial charge in [-0.2, -0.15) is 5.26 Å². The van der Waals surface area contributed by atoms with Crippen molar-refractivity contribution in [2.24, 2.45) is 0 Å². The molecule has 0 atom stereocenters. The van der Waals surface area contributed by atoms with Crippen LogP contribution in [0.2, 0.25) is 10.0 Å². The monoisotopic (exact) mass is 487 g/mol. The summed E-state index contributed by atoms with van der Waals surface area (Å²) in [6, 6.07) is 12.6. The molecule has 0 amide bonds. The van der Waals surface area contributed by atoms with Crippen molar-refractivity contribution in [3.63, 3.8) is 0 Å². The molecule has 7 nitrogen and oxygen atoms in total. The minimum atomic E-state index is -4.14. The number of benzene rings is 2. The molecule has 2 aromatic carbocycles. The Bertz CT molecular complexity index is 1320. The molecule has 0 fully saturated rings. The van der Waals surface area contributed by atoms with Gasteiger partial charge >= 0.3 is 0 Å². The predicted molar refractivity (Wildman–Crippen MR) is 114 cm³/mol. The highest BCUT2D eigenvalue weighted by molar-refractivity contribution is 7.94. The molecule has 0 unspecified atom stereocenters. The molecule has 0 saturated carbocycles. The van der Waals surface area contributed by atoms with Crippen LogP contribution in [0.25, 0.3) is 0 Å². The van der Waals surface area contributed by atoms with Crippen LogP contribution in [0.1, 0.15) is 5.56 Å². The molecule has 12 heteroatoms. The standard InChI is InChI=1S/C17H11Cl2N3O4S3/c18-13-8-15(21-28(23,24)12-4-1-3-11(7-12)10-20)16(9-14(13)19)22-29(25,26)17-5-2-6-27-17/h1-9,21-22H. The number of anilines is 2. The Morgan fingerprint density at radius 1 is 0.862 bits per heavy atom. The fraction of sp³-hybridized carbons (Fsp3) is 0.